The molecule has 0 aliphatic carbocycles. The van der Waals surface area contributed by atoms with Crippen LogP contribution in [0.2, 0.25) is 0 Å². The van der Waals surface area contributed by atoms with Crippen molar-refractivity contribution >= 4 is 17.5 Å². The summed E-state index contributed by atoms with van der Waals surface area (Å²) < 4.78 is 44.5. The lowest BCUT2D eigenvalue weighted by Crippen LogP contribution is -2.45. The number of guanidine groups is 1. The molecule has 0 radical (unpaired) electrons. The molecule has 0 saturated carbocycles. The molecule has 3 rings (SSSR count). The summed E-state index contributed by atoms with van der Waals surface area (Å²) in [5.74, 6) is 1.26. The van der Waals surface area contributed by atoms with Crippen LogP contribution < -0.4 is 25.6 Å². The van der Waals surface area contributed by atoms with Crippen LogP contribution in [0.15, 0.2) is 47.6 Å². The first-order chi connectivity index (χ1) is 14.9. The molecular weight excluding hydrogens is 409 g/mol. The Bertz CT molecular complexity index is 889. The highest BCUT2D eigenvalue weighted by atomic mass is 19.4. The average molecular weight is 436 g/mol. The summed E-state index contributed by atoms with van der Waals surface area (Å²) in [6, 6.07) is 10.4. The van der Waals surface area contributed by atoms with E-state index in [1.54, 1.807) is 14.2 Å². The molecule has 7 nitrogen and oxygen atoms in total. The second-order valence-electron chi connectivity index (χ2n) is 7.07. The number of methoxy groups -OCH3 is 1. The van der Waals surface area contributed by atoms with Crippen molar-refractivity contribution in [3.05, 3.63) is 48.2 Å². The van der Waals surface area contributed by atoms with Gasteiger partial charge in [-0.3, -0.25) is 4.99 Å². The van der Waals surface area contributed by atoms with Crippen molar-refractivity contribution in [3.63, 3.8) is 0 Å². The molecule has 0 amide bonds. The van der Waals surface area contributed by atoms with E-state index in [0.717, 1.165) is 37.0 Å². The summed E-state index contributed by atoms with van der Waals surface area (Å²) in [7, 11) is 3.32. The number of ether oxygens (including phenoxy) is 1. The standard InChI is InChI=1S/C21H27F3N6O/c1-25-20(28-12-11-27-19-16(21(22,23)24)6-5-10-26-19)29-15-9-13-30(14-15)17-7-3-4-8-18(17)31-2/h3-8,10,15H,9,11-14H2,1-2H3,(H,26,27)(H2,25,28,29). The van der Waals surface area contributed by atoms with E-state index >= 15 is 0 Å². The smallest absolute Gasteiger partial charge is 0.419 e. The van der Waals surface area contributed by atoms with E-state index in [1.807, 2.05) is 24.3 Å². The molecule has 3 N–H and O–H groups in total. The normalized spacial score (nSPS) is 16.9. The van der Waals surface area contributed by atoms with E-state index in [9.17, 15) is 13.2 Å². The van der Waals surface area contributed by atoms with Gasteiger partial charge in [-0.25, -0.2) is 4.98 Å². The van der Waals surface area contributed by atoms with Crippen LogP contribution in [-0.4, -0.2) is 57.3 Å². The molecule has 168 valence electrons. The van der Waals surface area contributed by atoms with E-state index in [4.69, 9.17) is 4.74 Å². The molecule has 1 aliphatic heterocycles. The Morgan fingerprint density at radius 3 is 2.77 bits per heavy atom. The van der Waals surface area contributed by atoms with Gasteiger partial charge in [-0.15, -0.1) is 0 Å². The number of para-hydroxylation sites is 2. The van der Waals surface area contributed by atoms with E-state index < -0.39 is 11.7 Å². The number of benzene rings is 1. The molecule has 2 heterocycles. The topological polar surface area (TPSA) is 73.8 Å². The lowest BCUT2D eigenvalue weighted by molar-refractivity contribution is -0.137. The number of anilines is 2. The highest BCUT2D eigenvalue weighted by Gasteiger charge is 2.34. The van der Waals surface area contributed by atoms with Crippen LogP contribution in [0.4, 0.5) is 24.7 Å². The number of hydrogen-bond acceptors (Lipinski definition) is 5. The highest BCUT2D eigenvalue weighted by molar-refractivity contribution is 5.80. The Kier molecular flexibility index (Phi) is 7.43. The first kappa shape index (κ1) is 22.5. The molecule has 1 atom stereocenters. The fourth-order valence-electron chi connectivity index (χ4n) is 3.51. The Labute approximate surface area is 179 Å². The van der Waals surface area contributed by atoms with Crippen LogP contribution >= 0.6 is 0 Å². The Morgan fingerprint density at radius 1 is 1.23 bits per heavy atom. The molecule has 1 aromatic carbocycles. The summed E-state index contributed by atoms with van der Waals surface area (Å²) in [6.07, 6.45) is -2.18. The average Bonchev–Trinajstić information content (AvgIpc) is 3.23. The molecule has 10 heteroatoms. The Balaban J connectivity index is 1.47. The number of alkyl halides is 3. The Morgan fingerprint density at radius 2 is 2.03 bits per heavy atom. The van der Waals surface area contributed by atoms with E-state index in [2.05, 4.69) is 30.8 Å². The third kappa shape index (κ3) is 5.93. The second-order valence-corrected chi connectivity index (χ2v) is 7.07. The molecule has 1 unspecified atom stereocenters. The second kappa shape index (κ2) is 10.2. The van der Waals surface area contributed by atoms with E-state index in [-0.39, 0.29) is 18.4 Å². The maximum absolute atomic E-state index is 13.0. The van der Waals surface area contributed by atoms with Gasteiger partial charge in [0.15, 0.2) is 5.96 Å². The molecule has 0 spiro atoms. The summed E-state index contributed by atoms with van der Waals surface area (Å²) >= 11 is 0. The van der Waals surface area contributed by atoms with Crippen molar-refractivity contribution < 1.29 is 17.9 Å². The maximum Gasteiger partial charge on any atom is 0.419 e. The summed E-state index contributed by atoms with van der Waals surface area (Å²) in [5, 5.41) is 9.23. The molecule has 1 aromatic heterocycles. The van der Waals surface area contributed by atoms with Gasteiger partial charge in [0, 0.05) is 45.5 Å². The third-order valence-corrected chi connectivity index (χ3v) is 5.00. The lowest BCUT2D eigenvalue weighted by Gasteiger charge is -2.22. The van der Waals surface area contributed by atoms with Crippen molar-refractivity contribution in [2.45, 2.75) is 18.6 Å². The van der Waals surface area contributed by atoms with Crippen LogP contribution in [-0.2, 0) is 6.18 Å². The van der Waals surface area contributed by atoms with Gasteiger partial charge < -0.3 is 25.6 Å². The quantitative estimate of drug-likeness (QED) is 0.352. The van der Waals surface area contributed by atoms with Gasteiger partial charge in [-0.2, -0.15) is 13.2 Å². The summed E-state index contributed by atoms with van der Waals surface area (Å²) in [5.41, 5.74) is 0.275. The number of aromatic nitrogens is 1. The van der Waals surface area contributed by atoms with Crippen molar-refractivity contribution in [2.75, 3.05) is 50.6 Å². The van der Waals surface area contributed by atoms with Crippen LogP contribution in [0.5, 0.6) is 5.75 Å². The number of nitrogens with zero attached hydrogens (tertiary/aromatic N) is 3. The monoisotopic (exact) mass is 436 g/mol. The molecule has 0 bridgehead atoms. The summed E-state index contributed by atoms with van der Waals surface area (Å²) in [6.45, 7) is 2.33. The number of rotatable bonds is 7. The van der Waals surface area contributed by atoms with Gasteiger partial charge in [0.05, 0.1) is 18.4 Å². The third-order valence-electron chi connectivity index (χ3n) is 5.00. The van der Waals surface area contributed by atoms with Crippen LogP contribution in [0, 0.1) is 0 Å². The first-order valence-electron chi connectivity index (χ1n) is 10.0. The lowest BCUT2D eigenvalue weighted by atomic mass is 10.2. The van der Waals surface area contributed by atoms with Gasteiger partial charge in [0.2, 0.25) is 0 Å². The van der Waals surface area contributed by atoms with Crippen molar-refractivity contribution in [1.29, 1.82) is 0 Å². The number of hydrogen-bond donors (Lipinski definition) is 3. The van der Waals surface area contributed by atoms with Gasteiger partial charge in [-0.05, 0) is 30.7 Å². The largest absolute Gasteiger partial charge is 0.495 e. The molecule has 1 aliphatic rings. The van der Waals surface area contributed by atoms with Crippen LogP contribution in [0.3, 0.4) is 0 Å². The summed E-state index contributed by atoms with van der Waals surface area (Å²) in [4.78, 5) is 10.3. The zero-order valence-corrected chi connectivity index (χ0v) is 17.5. The molecule has 2 aromatic rings. The number of nitrogens with one attached hydrogen (secondary N) is 3. The predicted octanol–water partition coefficient (Wildman–Crippen LogP) is 2.96. The minimum absolute atomic E-state index is 0.178. The van der Waals surface area contributed by atoms with E-state index in [1.165, 1.54) is 12.3 Å². The van der Waals surface area contributed by atoms with Gasteiger partial charge in [0.1, 0.15) is 11.6 Å². The minimum Gasteiger partial charge on any atom is -0.495 e. The molecule has 1 fully saturated rings. The maximum atomic E-state index is 13.0. The Hall–Kier alpha value is -3.17. The molecule has 31 heavy (non-hydrogen) atoms. The SMILES string of the molecule is CN=C(NCCNc1ncccc1C(F)(F)F)NC1CCN(c2ccccc2OC)C1. The van der Waals surface area contributed by atoms with Gasteiger partial charge in [-0.1, -0.05) is 12.1 Å². The number of halogens is 3. The fourth-order valence-corrected chi connectivity index (χ4v) is 3.51. The minimum atomic E-state index is -4.45. The zero-order valence-electron chi connectivity index (χ0n) is 17.5. The molecule has 1 saturated heterocycles. The van der Waals surface area contributed by atoms with Crippen LogP contribution in [0.1, 0.15) is 12.0 Å². The van der Waals surface area contributed by atoms with Crippen molar-refractivity contribution in [1.82, 2.24) is 15.6 Å². The van der Waals surface area contributed by atoms with Gasteiger partial charge >= 0.3 is 6.18 Å². The fraction of sp³-hybridized carbons (Fsp3) is 0.429. The highest BCUT2D eigenvalue weighted by Crippen LogP contribution is 2.33. The zero-order chi connectivity index (χ0) is 22.3. The van der Waals surface area contributed by atoms with Gasteiger partial charge in [0.25, 0.3) is 0 Å². The van der Waals surface area contributed by atoms with Crippen molar-refractivity contribution in [2.24, 2.45) is 4.99 Å². The molecular formula is C21H27F3N6O. The predicted molar refractivity (Wildman–Crippen MR) is 116 cm³/mol. The first-order valence-corrected chi connectivity index (χ1v) is 10.0. The van der Waals surface area contributed by atoms with Crippen molar-refractivity contribution in [3.8, 4) is 5.75 Å². The number of aliphatic imine (C=N–C) groups is 1. The number of pyridine rings is 1. The van der Waals surface area contributed by atoms with Crippen LogP contribution in [0.25, 0.3) is 0 Å². The van der Waals surface area contributed by atoms with E-state index in [0.29, 0.717) is 12.5 Å².